The van der Waals surface area contributed by atoms with Gasteiger partial charge in [-0.15, -0.1) is 11.3 Å². The van der Waals surface area contributed by atoms with Crippen LogP contribution >= 0.6 is 11.3 Å². The zero-order valence-corrected chi connectivity index (χ0v) is 10.4. The highest BCUT2D eigenvalue weighted by molar-refractivity contribution is 7.14. The number of fused-ring (bicyclic) bond motifs is 1. The van der Waals surface area contributed by atoms with E-state index in [-0.39, 0.29) is 11.9 Å². The lowest BCUT2D eigenvalue weighted by Crippen LogP contribution is -2.36. The van der Waals surface area contributed by atoms with Gasteiger partial charge in [-0.05, 0) is 37.3 Å². The van der Waals surface area contributed by atoms with E-state index in [1.165, 1.54) is 16.9 Å². The van der Waals surface area contributed by atoms with E-state index in [1.54, 1.807) is 11.3 Å². The molecule has 1 aromatic heterocycles. The average molecular weight is 238 g/mol. The summed E-state index contributed by atoms with van der Waals surface area (Å²) in [5.74, 6) is 0.0308. The van der Waals surface area contributed by atoms with Gasteiger partial charge in [0.1, 0.15) is 0 Å². The normalized spacial score (nSPS) is 15.9. The van der Waals surface area contributed by atoms with Crippen LogP contribution in [0.15, 0.2) is 6.07 Å². The summed E-state index contributed by atoms with van der Waals surface area (Å²) in [7, 11) is 0. The Balaban J connectivity index is 1.93. The molecule has 16 heavy (non-hydrogen) atoms. The van der Waals surface area contributed by atoms with E-state index in [0.717, 1.165) is 24.1 Å². The van der Waals surface area contributed by atoms with Crippen molar-refractivity contribution >= 4 is 17.2 Å². The van der Waals surface area contributed by atoms with Gasteiger partial charge in [0.2, 0.25) is 0 Å². The Kier molecular flexibility index (Phi) is 3.61. The molecule has 0 aromatic carbocycles. The van der Waals surface area contributed by atoms with Gasteiger partial charge >= 0.3 is 0 Å². The minimum Gasteiger partial charge on any atom is -0.350 e. The third-order valence-corrected chi connectivity index (χ3v) is 4.26. The molecule has 0 fully saturated rings. The molecule has 1 aliphatic rings. The van der Waals surface area contributed by atoms with Crippen LogP contribution in [0.25, 0.3) is 0 Å². The maximum atomic E-state index is 11.8. The molecule has 1 amide bonds. The van der Waals surface area contributed by atoms with Crippen LogP contribution in [0, 0.1) is 0 Å². The third kappa shape index (κ3) is 2.44. The van der Waals surface area contributed by atoms with Crippen LogP contribution in [0.5, 0.6) is 0 Å². The van der Waals surface area contributed by atoms with Crippen molar-refractivity contribution < 1.29 is 4.79 Å². The number of amides is 1. The topological polar surface area (TPSA) is 55.1 Å². The molecule has 1 aliphatic carbocycles. The Morgan fingerprint density at radius 2 is 2.44 bits per heavy atom. The van der Waals surface area contributed by atoms with E-state index in [9.17, 15) is 4.79 Å². The van der Waals surface area contributed by atoms with Gasteiger partial charge in [0.15, 0.2) is 0 Å². The number of nitrogens with one attached hydrogen (secondary N) is 1. The molecule has 0 bridgehead atoms. The molecule has 3 nitrogen and oxygen atoms in total. The minimum atomic E-state index is 0.0308. The van der Waals surface area contributed by atoms with Crippen LogP contribution in [0.4, 0.5) is 0 Å². The van der Waals surface area contributed by atoms with E-state index in [2.05, 4.69) is 5.32 Å². The molecule has 0 saturated heterocycles. The van der Waals surface area contributed by atoms with E-state index < -0.39 is 0 Å². The molecule has 3 N–H and O–H groups in total. The number of aryl methyl sites for hydroxylation is 2. The average Bonchev–Trinajstić information content (AvgIpc) is 2.85. The monoisotopic (exact) mass is 238 g/mol. The first-order valence-electron chi connectivity index (χ1n) is 5.86. The van der Waals surface area contributed by atoms with E-state index in [0.29, 0.717) is 6.54 Å². The van der Waals surface area contributed by atoms with E-state index in [4.69, 9.17) is 5.73 Å². The van der Waals surface area contributed by atoms with Crippen molar-refractivity contribution in [3.05, 3.63) is 21.4 Å². The highest BCUT2D eigenvalue weighted by Gasteiger charge is 2.18. The minimum absolute atomic E-state index is 0.0308. The maximum absolute atomic E-state index is 11.8. The SMILES string of the molecule is CCC(N)CNC(=O)c1cc2c(s1)CCC2. The lowest BCUT2D eigenvalue weighted by molar-refractivity contribution is 0.0955. The molecule has 1 heterocycles. The predicted molar refractivity (Wildman–Crippen MR) is 66.9 cm³/mol. The van der Waals surface area contributed by atoms with Gasteiger partial charge in [-0.3, -0.25) is 4.79 Å². The molecule has 1 aromatic rings. The Morgan fingerprint density at radius 3 is 3.12 bits per heavy atom. The summed E-state index contributed by atoms with van der Waals surface area (Å²) in [5.41, 5.74) is 7.13. The van der Waals surface area contributed by atoms with Crippen LogP contribution in [-0.2, 0) is 12.8 Å². The number of thiophene rings is 1. The maximum Gasteiger partial charge on any atom is 0.261 e. The molecule has 0 spiro atoms. The van der Waals surface area contributed by atoms with Crippen molar-refractivity contribution in [2.75, 3.05) is 6.54 Å². The van der Waals surface area contributed by atoms with E-state index in [1.807, 2.05) is 13.0 Å². The van der Waals surface area contributed by atoms with Crippen LogP contribution in [0.2, 0.25) is 0 Å². The molecular formula is C12H18N2OS. The van der Waals surface area contributed by atoms with Crippen LogP contribution in [-0.4, -0.2) is 18.5 Å². The number of carbonyl (C=O) groups excluding carboxylic acids is 1. The molecule has 0 saturated carbocycles. The molecule has 1 unspecified atom stereocenters. The van der Waals surface area contributed by atoms with Crippen LogP contribution < -0.4 is 11.1 Å². The second-order valence-electron chi connectivity index (χ2n) is 4.29. The van der Waals surface area contributed by atoms with Gasteiger partial charge in [0.05, 0.1) is 4.88 Å². The Labute approximate surface area is 100 Å². The Bertz CT molecular complexity index is 365. The zero-order chi connectivity index (χ0) is 11.5. The molecule has 2 rings (SSSR count). The number of carbonyl (C=O) groups is 1. The van der Waals surface area contributed by atoms with Crippen molar-refractivity contribution in [2.45, 2.75) is 38.6 Å². The van der Waals surface area contributed by atoms with Gasteiger partial charge in [-0.25, -0.2) is 0 Å². The fourth-order valence-electron chi connectivity index (χ4n) is 1.90. The summed E-state index contributed by atoms with van der Waals surface area (Å²) in [4.78, 5) is 14.0. The smallest absolute Gasteiger partial charge is 0.261 e. The number of rotatable bonds is 4. The zero-order valence-electron chi connectivity index (χ0n) is 9.58. The Morgan fingerprint density at radius 1 is 1.62 bits per heavy atom. The van der Waals surface area contributed by atoms with Crippen molar-refractivity contribution in [3.8, 4) is 0 Å². The summed E-state index contributed by atoms with van der Waals surface area (Å²) in [6.07, 6.45) is 4.40. The van der Waals surface area contributed by atoms with Gasteiger partial charge < -0.3 is 11.1 Å². The number of nitrogens with two attached hydrogens (primary N) is 1. The standard InChI is InChI=1S/C12H18N2OS/c1-2-9(13)7-14-12(15)11-6-8-4-3-5-10(8)16-11/h6,9H,2-5,7,13H2,1H3,(H,14,15). The van der Waals surface area contributed by atoms with Crippen molar-refractivity contribution in [2.24, 2.45) is 5.73 Å². The van der Waals surface area contributed by atoms with Crippen LogP contribution in [0.3, 0.4) is 0 Å². The molecule has 0 aliphatic heterocycles. The second kappa shape index (κ2) is 4.97. The third-order valence-electron chi connectivity index (χ3n) is 3.02. The first-order chi connectivity index (χ1) is 7.70. The molecule has 1 atom stereocenters. The summed E-state index contributed by atoms with van der Waals surface area (Å²) in [6.45, 7) is 2.59. The van der Waals surface area contributed by atoms with Crippen molar-refractivity contribution in [1.29, 1.82) is 0 Å². The largest absolute Gasteiger partial charge is 0.350 e. The van der Waals surface area contributed by atoms with Crippen molar-refractivity contribution in [1.82, 2.24) is 5.32 Å². The predicted octanol–water partition coefficient (Wildman–Crippen LogP) is 1.70. The fourth-order valence-corrected chi connectivity index (χ4v) is 3.07. The first kappa shape index (κ1) is 11.6. The lowest BCUT2D eigenvalue weighted by atomic mass is 10.2. The molecule has 0 radical (unpaired) electrons. The summed E-state index contributed by atoms with van der Waals surface area (Å²) < 4.78 is 0. The molecule has 88 valence electrons. The van der Waals surface area contributed by atoms with Crippen LogP contribution in [0.1, 0.15) is 39.9 Å². The fraction of sp³-hybridized carbons (Fsp3) is 0.583. The highest BCUT2D eigenvalue weighted by atomic mass is 32.1. The quantitative estimate of drug-likeness (QED) is 0.839. The number of hydrogen-bond acceptors (Lipinski definition) is 3. The number of hydrogen-bond donors (Lipinski definition) is 2. The molecular weight excluding hydrogens is 220 g/mol. The highest BCUT2D eigenvalue weighted by Crippen LogP contribution is 2.30. The van der Waals surface area contributed by atoms with Crippen molar-refractivity contribution in [3.63, 3.8) is 0 Å². The second-order valence-corrected chi connectivity index (χ2v) is 5.43. The Hall–Kier alpha value is -0.870. The van der Waals surface area contributed by atoms with Gasteiger partial charge in [-0.1, -0.05) is 6.92 Å². The van der Waals surface area contributed by atoms with Gasteiger partial charge in [-0.2, -0.15) is 0 Å². The lowest BCUT2D eigenvalue weighted by Gasteiger charge is -2.09. The summed E-state index contributed by atoms with van der Waals surface area (Å²) >= 11 is 1.64. The first-order valence-corrected chi connectivity index (χ1v) is 6.67. The summed E-state index contributed by atoms with van der Waals surface area (Å²) in [5, 5.41) is 2.88. The van der Waals surface area contributed by atoms with Gasteiger partial charge in [0.25, 0.3) is 5.91 Å². The van der Waals surface area contributed by atoms with Gasteiger partial charge in [0, 0.05) is 17.5 Å². The van der Waals surface area contributed by atoms with E-state index >= 15 is 0 Å². The molecule has 4 heteroatoms. The summed E-state index contributed by atoms with van der Waals surface area (Å²) in [6, 6.07) is 2.11.